The largest absolute Gasteiger partial charge is 0.388 e. The highest BCUT2D eigenvalue weighted by molar-refractivity contribution is 7.91. The summed E-state index contributed by atoms with van der Waals surface area (Å²) in [6.45, 7) is 7.12. The van der Waals surface area contributed by atoms with Crippen molar-refractivity contribution in [1.29, 1.82) is 0 Å². The number of rotatable bonds is 8. The van der Waals surface area contributed by atoms with Crippen LogP contribution in [0.5, 0.6) is 0 Å². The monoisotopic (exact) mass is 353 g/mol. The number of hydrogen-bond acceptors (Lipinski definition) is 4. The summed E-state index contributed by atoms with van der Waals surface area (Å²) < 4.78 is 27.7. The van der Waals surface area contributed by atoms with Crippen LogP contribution in [0.2, 0.25) is 0 Å². The summed E-state index contributed by atoms with van der Waals surface area (Å²) in [6, 6.07) is 2.70. The van der Waals surface area contributed by atoms with Crippen LogP contribution in [0.1, 0.15) is 47.0 Å². The van der Waals surface area contributed by atoms with E-state index in [4.69, 9.17) is 11.6 Å². The van der Waals surface area contributed by atoms with Crippen LogP contribution in [0.15, 0.2) is 21.7 Å². The Bertz CT molecular complexity index is 539. The Morgan fingerprint density at radius 2 is 2.05 bits per heavy atom. The highest BCUT2D eigenvalue weighted by Crippen LogP contribution is 2.37. The number of thiophene rings is 1. The van der Waals surface area contributed by atoms with Crippen molar-refractivity contribution in [2.24, 2.45) is 0 Å². The summed E-state index contributed by atoms with van der Waals surface area (Å²) in [4.78, 5) is -1.10. The topological polar surface area (TPSA) is 66.4 Å². The highest BCUT2D eigenvalue weighted by atomic mass is 35.5. The minimum absolute atomic E-state index is 0.257. The molecule has 122 valence electrons. The standard InChI is InChI=1S/C14H24ClNO3S2/c1-5-8-11(14(4,15)13(3,17)6-2)16-21(18,19)12-9-7-10-20-12/h7,9-11,16-17H,5-6,8H2,1-4H3/t11?,13-,14-/m0/s1. The average molecular weight is 354 g/mol. The second kappa shape index (κ2) is 6.96. The quantitative estimate of drug-likeness (QED) is 0.704. The maximum absolute atomic E-state index is 12.4. The van der Waals surface area contributed by atoms with Crippen LogP contribution in [0.3, 0.4) is 0 Å². The molecule has 1 aromatic rings. The van der Waals surface area contributed by atoms with Crippen molar-refractivity contribution < 1.29 is 13.5 Å². The van der Waals surface area contributed by atoms with Crippen LogP contribution >= 0.6 is 22.9 Å². The van der Waals surface area contributed by atoms with Gasteiger partial charge in [0.15, 0.2) is 0 Å². The predicted molar refractivity (Wildman–Crippen MR) is 88.5 cm³/mol. The van der Waals surface area contributed by atoms with Gasteiger partial charge in [0.2, 0.25) is 10.0 Å². The van der Waals surface area contributed by atoms with E-state index < -0.39 is 26.5 Å². The average Bonchev–Trinajstić information content (AvgIpc) is 2.92. The van der Waals surface area contributed by atoms with Crippen LogP contribution in [-0.4, -0.2) is 30.0 Å². The van der Waals surface area contributed by atoms with Gasteiger partial charge < -0.3 is 5.11 Å². The normalized spacial score (nSPS) is 19.7. The van der Waals surface area contributed by atoms with Gasteiger partial charge in [-0.3, -0.25) is 0 Å². The Kier molecular flexibility index (Phi) is 6.27. The first-order valence-electron chi connectivity index (χ1n) is 7.05. The van der Waals surface area contributed by atoms with Gasteiger partial charge >= 0.3 is 0 Å². The fourth-order valence-electron chi connectivity index (χ4n) is 2.11. The van der Waals surface area contributed by atoms with Gasteiger partial charge in [-0.05, 0) is 38.1 Å². The molecular weight excluding hydrogens is 330 g/mol. The van der Waals surface area contributed by atoms with E-state index >= 15 is 0 Å². The van der Waals surface area contributed by atoms with E-state index in [0.717, 1.165) is 17.8 Å². The van der Waals surface area contributed by atoms with Gasteiger partial charge in [-0.2, -0.15) is 0 Å². The Balaban J connectivity index is 3.09. The fourth-order valence-corrected chi connectivity index (χ4v) is 4.84. The van der Waals surface area contributed by atoms with Crippen molar-refractivity contribution in [3.05, 3.63) is 17.5 Å². The minimum atomic E-state index is -3.62. The number of sulfonamides is 1. The molecule has 0 fully saturated rings. The molecule has 3 atom stereocenters. The number of nitrogens with one attached hydrogen (secondary N) is 1. The smallest absolute Gasteiger partial charge is 0.250 e. The molecule has 0 aliphatic rings. The van der Waals surface area contributed by atoms with Crippen LogP contribution in [0.25, 0.3) is 0 Å². The van der Waals surface area contributed by atoms with Crippen molar-refractivity contribution in [2.75, 3.05) is 0 Å². The number of aliphatic hydroxyl groups is 1. The molecule has 1 aromatic heterocycles. The molecule has 1 heterocycles. The molecule has 0 saturated carbocycles. The van der Waals surface area contributed by atoms with Gasteiger partial charge in [0.1, 0.15) is 4.21 Å². The zero-order chi connectivity index (χ0) is 16.3. The van der Waals surface area contributed by atoms with Gasteiger partial charge in [-0.1, -0.05) is 26.3 Å². The molecular formula is C14H24ClNO3S2. The molecule has 0 aromatic carbocycles. The summed E-state index contributed by atoms with van der Waals surface area (Å²) in [6.07, 6.45) is 1.76. The maximum Gasteiger partial charge on any atom is 0.250 e. The van der Waals surface area contributed by atoms with Crippen molar-refractivity contribution in [3.63, 3.8) is 0 Å². The first-order valence-corrected chi connectivity index (χ1v) is 9.79. The van der Waals surface area contributed by atoms with Gasteiger partial charge in [0.25, 0.3) is 0 Å². The lowest BCUT2D eigenvalue weighted by atomic mass is 9.80. The third-order valence-electron chi connectivity index (χ3n) is 4.03. The highest BCUT2D eigenvalue weighted by Gasteiger charge is 2.47. The molecule has 0 aliphatic carbocycles. The minimum Gasteiger partial charge on any atom is -0.388 e. The van der Waals surface area contributed by atoms with Crippen LogP contribution in [-0.2, 0) is 10.0 Å². The van der Waals surface area contributed by atoms with Crippen LogP contribution in [0, 0.1) is 0 Å². The third-order valence-corrected chi connectivity index (χ3v) is 7.57. The zero-order valence-electron chi connectivity index (χ0n) is 12.9. The van der Waals surface area contributed by atoms with Crippen LogP contribution in [0.4, 0.5) is 0 Å². The molecule has 0 bridgehead atoms. The second-order valence-corrected chi connectivity index (χ2v) is 9.27. The summed E-state index contributed by atoms with van der Waals surface area (Å²) in [5.41, 5.74) is -1.17. The molecule has 4 nitrogen and oxygen atoms in total. The Labute approximate surface area is 136 Å². The van der Waals surface area contributed by atoms with Crippen molar-refractivity contribution in [2.45, 2.75) is 67.7 Å². The summed E-state index contributed by atoms with van der Waals surface area (Å²) in [5.74, 6) is 0. The first kappa shape index (κ1) is 18.9. The van der Waals surface area contributed by atoms with Crippen molar-refractivity contribution in [3.8, 4) is 0 Å². The molecule has 0 amide bonds. The molecule has 1 unspecified atom stereocenters. The zero-order valence-corrected chi connectivity index (χ0v) is 15.3. The molecule has 0 spiro atoms. The molecule has 0 saturated heterocycles. The summed E-state index contributed by atoms with van der Waals surface area (Å²) in [7, 11) is -3.62. The van der Waals surface area contributed by atoms with E-state index in [9.17, 15) is 13.5 Å². The van der Waals surface area contributed by atoms with Crippen molar-refractivity contribution >= 4 is 33.0 Å². The lowest BCUT2D eigenvalue weighted by Gasteiger charge is -2.43. The summed E-state index contributed by atoms with van der Waals surface area (Å²) >= 11 is 7.72. The maximum atomic E-state index is 12.4. The second-order valence-electron chi connectivity index (χ2n) is 5.60. The fraction of sp³-hybridized carbons (Fsp3) is 0.714. The number of alkyl halides is 1. The van der Waals surface area contributed by atoms with Crippen molar-refractivity contribution in [1.82, 2.24) is 4.72 Å². The van der Waals surface area contributed by atoms with E-state index in [1.165, 1.54) is 0 Å². The van der Waals surface area contributed by atoms with E-state index in [1.807, 2.05) is 13.8 Å². The predicted octanol–water partition coefficient (Wildman–Crippen LogP) is 3.35. The third kappa shape index (κ3) is 4.20. The Morgan fingerprint density at radius 1 is 1.43 bits per heavy atom. The van der Waals surface area contributed by atoms with Gasteiger partial charge in [0.05, 0.1) is 10.5 Å². The van der Waals surface area contributed by atoms with Crippen LogP contribution < -0.4 is 4.72 Å². The Hall–Kier alpha value is -0.140. The molecule has 1 rings (SSSR count). The SMILES string of the molecule is CCCC(NS(=O)(=O)c1cccs1)[C@](C)(Cl)[C@@](C)(O)CC. The molecule has 21 heavy (non-hydrogen) atoms. The molecule has 7 heteroatoms. The van der Waals surface area contributed by atoms with Gasteiger partial charge in [0, 0.05) is 6.04 Å². The van der Waals surface area contributed by atoms with E-state index in [0.29, 0.717) is 12.8 Å². The first-order chi connectivity index (χ1) is 9.58. The number of halogens is 1. The molecule has 0 aliphatic heterocycles. The molecule has 2 N–H and O–H groups in total. The van der Waals surface area contributed by atoms with E-state index in [2.05, 4.69) is 4.72 Å². The van der Waals surface area contributed by atoms with Gasteiger partial charge in [-0.25, -0.2) is 13.1 Å². The van der Waals surface area contributed by atoms with E-state index in [1.54, 1.807) is 31.4 Å². The van der Waals surface area contributed by atoms with E-state index in [-0.39, 0.29) is 4.21 Å². The lowest BCUT2D eigenvalue weighted by molar-refractivity contribution is 0.00441. The Morgan fingerprint density at radius 3 is 2.48 bits per heavy atom. The summed E-state index contributed by atoms with van der Waals surface area (Å²) in [5, 5.41) is 12.2. The molecule has 0 radical (unpaired) electrons. The number of hydrogen-bond donors (Lipinski definition) is 2. The van der Waals surface area contributed by atoms with Gasteiger partial charge in [-0.15, -0.1) is 22.9 Å². The lowest BCUT2D eigenvalue weighted by Crippen LogP contribution is -2.59.